The highest BCUT2D eigenvalue weighted by Crippen LogP contribution is 2.35. The minimum Gasteiger partial charge on any atom is -0.348 e. The third-order valence-corrected chi connectivity index (χ3v) is 5.59. The van der Waals surface area contributed by atoms with Crippen LogP contribution in [0.25, 0.3) is 0 Å². The summed E-state index contributed by atoms with van der Waals surface area (Å²) in [5.41, 5.74) is 2.58. The van der Waals surface area contributed by atoms with Gasteiger partial charge < -0.3 is 10.2 Å². The smallest absolute Gasteiger partial charge is 0.225 e. The molecule has 2 aromatic rings. The second kappa shape index (κ2) is 7.18. The minimum absolute atomic E-state index is 0.0591. The predicted molar refractivity (Wildman–Crippen MR) is 95.8 cm³/mol. The Morgan fingerprint density at radius 1 is 1.29 bits per heavy atom. The Bertz CT molecular complexity index is 727. The Hall–Kier alpha value is -2.14. The lowest BCUT2D eigenvalue weighted by Crippen LogP contribution is -2.35. The van der Waals surface area contributed by atoms with Crippen LogP contribution in [-0.4, -0.2) is 23.8 Å². The lowest BCUT2D eigenvalue weighted by molar-refractivity contribution is -0.132. The molecule has 0 bridgehead atoms. The van der Waals surface area contributed by atoms with Crippen LogP contribution in [-0.2, 0) is 16.0 Å². The van der Waals surface area contributed by atoms with E-state index in [4.69, 9.17) is 0 Å². The molecule has 0 saturated heterocycles. The van der Waals surface area contributed by atoms with Crippen molar-refractivity contribution in [1.29, 1.82) is 0 Å². The molecule has 0 radical (unpaired) electrons. The summed E-state index contributed by atoms with van der Waals surface area (Å²) in [4.78, 5) is 27.1. The second-order valence-corrected chi connectivity index (χ2v) is 7.21. The van der Waals surface area contributed by atoms with Gasteiger partial charge in [0.1, 0.15) is 0 Å². The van der Waals surface area contributed by atoms with Crippen molar-refractivity contribution in [3.05, 3.63) is 57.8 Å². The van der Waals surface area contributed by atoms with E-state index < -0.39 is 0 Å². The first-order chi connectivity index (χ1) is 11.6. The van der Waals surface area contributed by atoms with Crippen LogP contribution in [0.2, 0.25) is 0 Å². The lowest BCUT2D eigenvalue weighted by atomic mass is 10.1. The van der Waals surface area contributed by atoms with Gasteiger partial charge in [0.15, 0.2) is 0 Å². The van der Waals surface area contributed by atoms with Crippen molar-refractivity contribution in [2.75, 3.05) is 7.05 Å². The highest BCUT2D eigenvalue weighted by Gasteiger charge is 2.29. The SMILES string of the molecule is CC(=O)N[C@H](CC(=O)N(C)[C@H]1CCc2ccccc21)c1cccs1. The van der Waals surface area contributed by atoms with E-state index in [0.717, 1.165) is 17.7 Å². The predicted octanol–water partition coefficient (Wildman–Crippen LogP) is 3.46. The van der Waals surface area contributed by atoms with Crippen molar-refractivity contribution >= 4 is 23.2 Å². The molecule has 0 aliphatic heterocycles. The molecule has 0 saturated carbocycles. The summed E-state index contributed by atoms with van der Waals surface area (Å²) in [6.45, 7) is 1.49. The summed E-state index contributed by atoms with van der Waals surface area (Å²) in [5, 5.41) is 4.87. The van der Waals surface area contributed by atoms with Crippen molar-refractivity contribution in [3.8, 4) is 0 Å². The van der Waals surface area contributed by atoms with Crippen LogP contribution in [0.5, 0.6) is 0 Å². The molecule has 1 aliphatic carbocycles. The van der Waals surface area contributed by atoms with Crippen molar-refractivity contribution < 1.29 is 9.59 Å². The maximum Gasteiger partial charge on any atom is 0.225 e. The molecule has 126 valence electrons. The zero-order valence-corrected chi connectivity index (χ0v) is 14.8. The molecule has 0 unspecified atom stereocenters. The molecule has 2 atom stereocenters. The molecule has 5 heteroatoms. The van der Waals surface area contributed by atoms with E-state index in [0.29, 0.717) is 0 Å². The monoisotopic (exact) mass is 342 g/mol. The molecule has 0 fully saturated rings. The molecular weight excluding hydrogens is 320 g/mol. The summed E-state index contributed by atoms with van der Waals surface area (Å²) < 4.78 is 0. The third kappa shape index (κ3) is 3.51. The van der Waals surface area contributed by atoms with Gasteiger partial charge in [-0.2, -0.15) is 0 Å². The Balaban J connectivity index is 1.72. The summed E-state index contributed by atoms with van der Waals surface area (Å²) in [6, 6.07) is 12.1. The maximum atomic E-state index is 12.8. The molecule has 2 amide bonds. The number of carbonyl (C=O) groups is 2. The van der Waals surface area contributed by atoms with E-state index >= 15 is 0 Å². The van der Waals surface area contributed by atoms with E-state index in [1.807, 2.05) is 41.6 Å². The number of carbonyl (C=O) groups excluding carboxylic acids is 2. The second-order valence-electron chi connectivity index (χ2n) is 6.23. The number of aryl methyl sites for hydroxylation is 1. The molecule has 1 heterocycles. The Morgan fingerprint density at radius 3 is 2.79 bits per heavy atom. The Labute approximate surface area is 146 Å². The van der Waals surface area contributed by atoms with Crippen molar-refractivity contribution in [2.45, 2.75) is 38.3 Å². The number of rotatable bonds is 5. The van der Waals surface area contributed by atoms with E-state index in [-0.39, 0.29) is 30.3 Å². The molecule has 1 aromatic heterocycles. The maximum absolute atomic E-state index is 12.8. The van der Waals surface area contributed by atoms with E-state index in [2.05, 4.69) is 17.4 Å². The molecule has 1 aromatic carbocycles. The number of fused-ring (bicyclic) bond motifs is 1. The molecule has 0 spiro atoms. The van der Waals surface area contributed by atoms with Gasteiger partial charge in [-0.15, -0.1) is 11.3 Å². The third-order valence-electron chi connectivity index (χ3n) is 4.60. The number of benzene rings is 1. The average molecular weight is 342 g/mol. The first-order valence-electron chi connectivity index (χ1n) is 8.20. The number of hydrogen-bond donors (Lipinski definition) is 1. The molecule has 4 nitrogen and oxygen atoms in total. The van der Waals surface area contributed by atoms with Crippen LogP contribution in [0.15, 0.2) is 41.8 Å². The van der Waals surface area contributed by atoms with Crippen LogP contribution in [0.1, 0.15) is 47.9 Å². The molecule has 3 rings (SSSR count). The molecular formula is C19H22N2O2S. The average Bonchev–Trinajstić information content (AvgIpc) is 3.22. The Morgan fingerprint density at radius 2 is 2.08 bits per heavy atom. The van der Waals surface area contributed by atoms with Crippen molar-refractivity contribution in [2.24, 2.45) is 0 Å². The fourth-order valence-corrected chi connectivity index (χ4v) is 4.16. The van der Waals surface area contributed by atoms with Crippen molar-refractivity contribution in [3.63, 3.8) is 0 Å². The van der Waals surface area contributed by atoms with E-state index in [1.54, 1.807) is 11.3 Å². The van der Waals surface area contributed by atoms with Gasteiger partial charge in [-0.25, -0.2) is 0 Å². The van der Waals surface area contributed by atoms with Gasteiger partial charge in [-0.3, -0.25) is 9.59 Å². The van der Waals surface area contributed by atoms with Gasteiger partial charge in [-0.05, 0) is 35.4 Å². The van der Waals surface area contributed by atoms with Crippen molar-refractivity contribution in [1.82, 2.24) is 10.2 Å². The summed E-state index contributed by atoms with van der Waals surface area (Å²) >= 11 is 1.56. The minimum atomic E-state index is -0.255. The van der Waals surface area contributed by atoms with Crippen LogP contribution in [0.3, 0.4) is 0 Å². The quantitative estimate of drug-likeness (QED) is 0.904. The van der Waals surface area contributed by atoms with Gasteiger partial charge in [0.05, 0.1) is 18.5 Å². The summed E-state index contributed by atoms with van der Waals surface area (Å²) in [7, 11) is 1.87. The van der Waals surface area contributed by atoms with Crippen LogP contribution >= 0.6 is 11.3 Å². The molecule has 24 heavy (non-hydrogen) atoms. The topological polar surface area (TPSA) is 49.4 Å². The highest BCUT2D eigenvalue weighted by molar-refractivity contribution is 7.10. The standard InChI is InChI=1S/C19H22N2O2S/c1-13(22)20-16(18-8-5-11-24-18)12-19(23)21(2)17-10-9-14-6-3-4-7-15(14)17/h3-8,11,16-17H,9-10,12H2,1-2H3,(H,20,22)/t16-,17+/m1/s1. The summed E-state index contributed by atoms with van der Waals surface area (Å²) in [5.74, 6) is -0.0566. The van der Waals surface area contributed by atoms with E-state index in [9.17, 15) is 9.59 Å². The highest BCUT2D eigenvalue weighted by atomic mass is 32.1. The number of amides is 2. The van der Waals surface area contributed by atoms with Gasteiger partial charge in [0.2, 0.25) is 11.8 Å². The van der Waals surface area contributed by atoms with Gasteiger partial charge in [0.25, 0.3) is 0 Å². The zero-order valence-electron chi connectivity index (χ0n) is 14.0. The normalized spacial score (nSPS) is 17.2. The fraction of sp³-hybridized carbons (Fsp3) is 0.368. The summed E-state index contributed by atoms with van der Waals surface area (Å²) in [6.07, 6.45) is 2.26. The first-order valence-corrected chi connectivity index (χ1v) is 9.08. The zero-order chi connectivity index (χ0) is 17.1. The number of hydrogen-bond acceptors (Lipinski definition) is 3. The fourth-order valence-electron chi connectivity index (χ4n) is 3.39. The van der Waals surface area contributed by atoms with Crippen LogP contribution in [0, 0.1) is 0 Å². The van der Waals surface area contributed by atoms with E-state index in [1.165, 1.54) is 18.1 Å². The largest absolute Gasteiger partial charge is 0.348 e. The molecule has 1 N–H and O–H groups in total. The van der Waals surface area contributed by atoms with Crippen LogP contribution < -0.4 is 5.32 Å². The van der Waals surface area contributed by atoms with Crippen LogP contribution in [0.4, 0.5) is 0 Å². The van der Waals surface area contributed by atoms with Gasteiger partial charge >= 0.3 is 0 Å². The number of thiophene rings is 1. The lowest BCUT2D eigenvalue weighted by Gasteiger charge is -2.27. The first kappa shape index (κ1) is 16.7. The number of nitrogens with zero attached hydrogens (tertiary/aromatic N) is 1. The van der Waals surface area contributed by atoms with Gasteiger partial charge in [-0.1, -0.05) is 30.3 Å². The van der Waals surface area contributed by atoms with Gasteiger partial charge in [0, 0.05) is 18.8 Å². The molecule has 1 aliphatic rings. The number of nitrogens with one attached hydrogen (secondary N) is 1. The Kier molecular flexibility index (Phi) is 5.00.